The third-order valence-electron chi connectivity index (χ3n) is 4.38. The number of rotatable bonds is 8. The predicted molar refractivity (Wildman–Crippen MR) is 122 cm³/mol. The Hall–Kier alpha value is -1.91. The van der Waals surface area contributed by atoms with Gasteiger partial charge in [-0.25, -0.2) is 8.42 Å². The van der Waals surface area contributed by atoms with Crippen molar-refractivity contribution in [3.63, 3.8) is 0 Å². The molecule has 0 radical (unpaired) electrons. The maximum Gasteiger partial charge on any atom is 0.245 e. The molecule has 0 spiro atoms. The topological polar surface area (TPSA) is 46.6 Å². The van der Waals surface area contributed by atoms with Gasteiger partial charge in [0.15, 0.2) is 0 Å². The fourth-order valence-corrected chi connectivity index (χ4v) is 4.72. The van der Waals surface area contributed by atoms with Crippen molar-refractivity contribution >= 4 is 18.1 Å². The Labute approximate surface area is 177 Å². The molecule has 0 heterocycles. The van der Waals surface area contributed by atoms with Crippen LogP contribution >= 0.6 is 0 Å². The summed E-state index contributed by atoms with van der Waals surface area (Å²) in [5, 5.41) is 0. The Morgan fingerprint density at radius 1 is 1.03 bits per heavy atom. The summed E-state index contributed by atoms with van der Waals surface area (Å²) in [4.78, 5) is 0.293. The molecule has 0 aliphatic rings. The van der Waals surface area contributed by atoms with Gasteiger partial charge >= 0.3 is 0 Å². The number of benzene rings is 2. The minimum absolute atomic E-state index is 0.0350. The summed E-state index contributed by atoms with van der Waals surface area (Å²) in [7, 11) is -3.53. The lowest BCUT2D eigenvalue weighted by Crippen LogP contribution is -2.34. The Morgan fingerprint density at radius 3 is 2.31 bits per heavy atom. The summed E-state index contributed by atoms with van der Waals surface area (Å²) in [5.41, 5.74) is 6.63. The van der Waals surface area contributed by atoms with Crippen LogP contribution in [0.5, 0.6) is 0 Å². The van der Waals surface area contributed by atoms with Crippen molar-refractivity contribution in [2.75, 3.05) is 20.4 Å². The van der Waals surface area contributed by atoms with Gasteiger partial charge in [-0.2, -0.15) is 4.31 Å². The molecule has 0 bridgehead atoms. The summed E-state index contributed by atoms with van der Waals surface area (Å²) < 4.78 is 32.5. The van der Waals surface area contributed by atoms with Crippen LogP contribution in [0.4, 0.5) is 0 Å². The molecule has 0 saturated carbocycles. The molecule has 0 amide bonds. The molecule has 0 N–H and O–H groups in total. The number of ether oxygens (including phenoxy) is 1. The molecular weight excluding hydrogens is 398 g/mol. The van der Waals surface area contributed by atoms with Crippen LogP contribution in [0.15, 0.2) is 53.4 Å². The summed E-state index contributed by atoms with van der Waals surface area (Å²) in [6.45, 7) is 9.03. The van der Waals surface area contributed by atoms with Gasteiger partial charge in [0.2, 0.25) is 10.0 Å². The van der Waals surface area contributed by atoms with Crippen LogP contribution in [0, 0.1) is 18.4 Å². The predicted octanol–water partition coefficient (Wildman–Crippen LogP) is 4.45. The van der Waals surface area contributed by atoms with Gasteiger partial charge in [-0.05, 0) is 43.5 Å². The second kappa shape index (κ2) is 10.2. The van der Waals surface area contributed by atoms with E-state index in [1.165, 1.54) is 11.4 Å². The second-order valence-corrected chi connectivity index (χ2v) is 14.9. The van der Waals surface area contributed by atoms with E-state index < -0.39 is 18.1 Å². The van der Waals surface area contributed by atoms with Crippen molar-refractivity contribution < 1.29 is 13.2 Å². The van der Waals surface area contributed by atoms with E-state index in [9.17, 15) is 8.42 Å². The number of hydrogen-bond acceptors (Lipinski definition) is 3. The number of nitrogens with zero attached hydrogens (tertiary/aromatic N) is 1. The Morgan fingerprint density at radius 2 is 1.69 bits per heavy atom. The maximum absolute atomic E-state index is 13.0. The van der Waals surface area contributed by atoms with Crippen LogP contribution in [0.2, 0.25) is 19.6 Å². The molecule has 0 aliphatic carbocycles. The zero-order valence-electron chi connectivity index (χ0n) is 18.0. The largest absolute Gasteiger partial charge is 0.368 e. The van der Waals surface area contributed by atoms with E-state index in [0.29, 0.717) is 17.9 Å². The average molecular weight is 430 g/mol. The highest BCUT2D eigenvalue weighted by Gasteiger charge is 2.24. The van der Waals surface area contributed by atoms with Crippen molar-refractivity contribution in [2.45, 2.75) is 44.3 Å². The van der Waals surface area contributed by atoms with Crippen molar-refractivity contribution in [2.24, 2.45) is 0 Å². The van der Waals surface area contributed by atoms with Crippen LogP contribution in [0.1, 0.15) is 23.1 Å². The molecule has 29 heavy (non-hydrogen) atoms. The third kappa shape index (κ3) is 7.13. The van der Waals surface area contributed by atoms with Gasteiger partial charge in [0, 0.05) is 19.2 Å². The van der Waals surface area contributed by atoms with Crippen molar-refractivity contribution in [1.29, 1.82) is 0 Å². The average Bonchev–Trinajstić information content (AvgIpc) is 2.66. The second-order valence-electron chi connectivity index (χ2n) is 8.17. The third-order valence-corrected chi connectivity index (χ3v) is 7.09. The molecule has 0 aromatic heterocycles. The molecule has 0 fully saturated rings. The van der Waals surface area contributed by atoms with E-state index in [2.05, 4.69) is 37.2 Å². The molecule has 0 unspecified atom stereocenters. The first-order valence-corrected chi connectivity index (χ1v) is 14.7. The van der Waals surface area contributed by atoms with Gasteiger partial charge in [0.1, 0.15) is 14.8 Å². The van der Waals surface area contributed by atoms with Gasteiger partial charge in [-0.3, -0.25) is 0 Å². The van der Waals surface area contributed by atoms with Crippen molar-refractivity contribution in [1.82, 2.24) is 4.31 Å². The molecule has 2 aromatic rings. The van der Waals surface area contributed by atoms with Crippen LogP contribution < -0.4 is 0 Å². The normalized spacial score (nSPS) is 11.9. The lowest BCUT2D eigenvalue weighted by Gasteiger charge is -2.21. The summed E-state index contributed by atoms with van der Waals surface area (Å²) in [6, 6.07) is 15.0. The van der Waals surface area contributed by atoms with E-state index in [-0.39, 0.29) is 6.73 Å². The number of hydrogen-bond donors (Lipinski definition) is 0. The molecular formula is C23H31NO3SSi. The van der Waals surface area contributed by atoms with E-state index in [0.717, 1.165) is 23.1 Å². The molecule has 2 rings (SSSR count). The molecule has 2 aromatic carbocycles. The summed E-state index contributed by atoms with van der Waals surface area (Å²) in [6.07, 6.45) is 1.46. The highest BCUT2D eigenvalue weighted by atomic mass is 32.2. The minimum atomic E-state index is -3.59. The quantitative estimate of drug-likeness (QED) is 0.354. The molecule has 0 aliphatic heterocycles. The molecule has 0 saturated heterocycles. The summed E-state index contributed by atoms with van der Waals surface area (Å²) in [5.74, 6) is 3.33. The molecule has 4 nitrogen and oxygen atoms in total. The van der Waals surface area contributed by atoms with E-state index >= 15 is 0 Å². The van der Waals surface area contributed by atoms with Crippen LogP contribution in [0.3, 0.4) is 0 Å². The van der Waals surface area contributed by atoms with Crippen molar-refractivity contribution in [3.8, 4) is 11.5 Å². The molecule has 156 valence electrons. The molecule has 0 atom stereocenters. The first kappa shape index (κ1) is 23.4. The fraction of sp³-hybridized carbons (Fsp3) is 0.391. The Balaban J connectivity index is 2.12. The highest BCUT2D eigenvalue weighted by Crippen LogP contribution is 2.18. The number of methoxy groups -OCH3 is 1. The zero-order chi connectivity index (χ0) is 21.5. The summed E-state index contributed by atoms with van der Waals surface area (Å²) >= 11 is 0. The van der Waals surface area contributed by atoms with E-state index in [1.807, 2.05) is 37.3 Å². The van der Waals surface area contributed by atoms with Gasteiger partial charge in [-0.1, -0.05) is 61.5 Å². The van der Waals surface area contributed by atoms with E-state index in [1.54, 1.807) is 12.1 Å². The first-order valence-electron chi connectivity index (χ1n) is 9.80. The van der Waals surface area contributed by atoms with Gasteiger partial charge in [-0.15, -0.1) is 5.54 Å². The highest BCUT2D eigenvalue weighted by molar-refractivity contribution is 7.89. The SMILES string of the molecule is COCN(CCCc1ccccc1C#C[Si](C)(C)C)S(=O)(=O)c1ccc(C)cc1. The molecule has 6 heteroatoms. The number of aryl methyl sites for hydroxylation is 2. The Kier molecular flexibility index (Phi) is 8.23. The minimum Gasteiger partial charge on any atom is -0.368 e. The van der Waals surface area contributed by atoms with Crippen molar-refractivity contribution in [3.05, 3.63) is 65.2 Å². The van der Waals surface area contributed by atoms with Gasteiger partial charge in [0.25, 0.3) is 0 Å². The Bertz CT molecular complexity index is 968. The van der Waals surface area contributed by atoms with Gasteiger partial charge < -0.3 is 4.74 Å². The van der Waals surface area contributed by atoms with E-state index in [4.69, 9.17) is 4.74 Å². The van der Waals surface area contributed by atoms with Crippen LogP contribution in [0.25, 0.3) is 0 Å². The zero-order valence-corrected chi connectivity index (χ0v) is 19.8. The maximum atomic E-state index is 13.0. The standard InChI is InChI=1S/C23H31NO3SSi/c1-20-12-14-23(15-13-20)28(25,26)24(19-27-2)17-8-11-21-9-6-7-10-22(21)16-18-29(3,4)5/h6-7,9-10,12-15H,8,11,17,19H2,1-5H3. The first-order chi connectivity index (χ1) is 13.6. The monoisotopic (exact) mass is 429 g/mol. The van der Waals surface area contributed by atoms with Gasteiger partial charge in [0.05, 0.1) is 4.90 Å². The van der Waals surface area contributed by atoms with Crippen LogP contribution in [-0.2, 0) is 21.2 Å². The fourth-order valence-electron chi connectivity index (χ4n) is 2.82. The lowest BCUT2D eigenvalue weighted by atomic mass is 10.0. The van der Waals surface area contributed by atoms with Crippen LogP contribution in [-0.4, -0.2) is 41.2 Å². The lowest BCUT2D eigenvalue weighted by molar-refractivity contribution is 0.116. The number of sulfonamides is 1. The smallest absolute Gasteiger partial charge is 0.245 e.